The lowest BCUT2D eigenvalue weighted by Crippen LogP contribution is -2.27. The number of ether oxygens (including phenoxy) is 2. The highest BCUT2D eigenvalue weighted by molar-refractivity contribution is 5.97. The number of fused-ring (bicyclic) bond motifs is 1. The van der Waals surface area contributed by atoms with Crippen molar-refractivity contribution in [1.82, 2.24) is 24.3 Å². The summed E-state index contributed by atoms with van der Waals surface area (Å²) in [5.74, 6) is 1.64. The van der Waals surface area contributed by atoms with Gasteiger partial charge in [0.1, 0.15) is 29.0 Å². The lowest BCUT2D eigenvalue weighted by atomic mass is 10.2. The maximum absolute atomic E-state index is 12.6. The molecule has 0 atom stereocenters. The fourth-order valence-corrected chi connectivity index (χ4v) is 2.35. The molecular weight excluding hydrogens is 310 g/mol. The summed E-state index contributed by atoms with van der Waals surface area (Å²) in [4.78, 5) is 21.0. The minimum atomic E-state index is -0.607. The second kappa shape index (κ2) is 5.63. The Bertz CT molecular complexity index is 904. The molecule has 0 amide bonds. The van der Waals surface area contributed by atoms with E-state index >= 15 is 0 Å². The minimum absolute atomic E-state index is 0.474. The monoisotopic (exact) mass is 329 g/mol. The van der Waals surface area contributed by atoms with Crippen molar-refractivity contribution in [3.63, 3.8) is 0 Å². The molecule has 0 aliphatic carbocycles. The van der Waals surface area contributed by atoms with Gasteiger partial charge >= 0.3 is 6.09 Å². The number of nitrogens with zero attached hydrogens (tertiary/aromatic N) is 5. The largest absolute Gasteiger partial charge is 0.494 e. The fourth-order valence-electron chi connectivity index (χ4n) is 2.35. The molecule has 0 spiro atoms. The smallest absolute Gasteiger partial charge is 0.419 e. The molecule has 0 aliphatic heterocycles. The topological polar surface area (TPSA) is 84.1 Å². The molecule has 0 saturated carbocycles. The number of carbonyl (C=O) groups excluding carboxylic acids is 1. The first-order valence-electron chi connectivity index (χ1n) is 7.46. The van der Waals surface area contributed by atoms with E-state index in [9.17, 15) is 4.79 Å². The van der Waals surface area contributed by atoms with E-state index in [1.54, 1.807) is 38.8 Å². The Morgan fingerprint density at radius 3 is 2.58 bits per heavy atom. The lowest BCUT2D eigenvalue weighted by molar-refractivity contribution is 0.0544. The predicted molar refractivity (Wildman–Crippen MR) is 87.6 cm³/mol. The zero-order valence-electron chi connectivity index (χ0n) is 14.3. The molecule has 0 aliphatic rings. The number of aryl methyl sites for hydroxylation is 1. The summed E-state index contributed by atoms with van der Waals surface area (Å²) in [7, 11) is 1.56. The van der Waals surface area contributed by atoms with Gasteiger partial charge in [-0.3, -0.25) is 0 Å². The molecule has 3 aromatic heterocycles. The molecule has 0 fully saturated rings. The van der Waals surface area contributed by atoms with Crippen LogP contribution in [0.5, 0.6) is 5.75 Å². The van der Waals surface area contributed by atoms with Crippen LogP contribution in [0.1, 0.15) is 26.6 Å². The van der Waals surface area contributed by atoms with Gasteiger partial charge in [0.05, 0.1) is 13.3 Å². The third-order valence-electron chi connectivity index (χ3n) is 3.30. The van der Waals surface area contributed by atoms with Gasteiger partial charge in [-0.2, -0.15) is 5.10 Å². The first kappa shape index (κ1) is 16.0. The molecule has 0 N–H and O–H groups in total. The van der Waals surface area contributed by atoms with E-state index in [2.05, 4.69) is 15.1 Å². The van der Waals surface area contributed by atoms with Gasteiger partial charge in [-0.15, -0.1) is 0 Å². The van der Waals surface area contributed by atoms with Crippen LogP contribution in [0.15, 0.2) is 24.8 Å². The third kappa shape index (κ3) is 2.82. The van der Waals surface area contributed by atoms with Crippen molar-refractivity contribution in [2.45, 2.75) is 33.3 Å². The second-order valence-electron chi connectivity index (χ2n) is 6.31. The molecule has 0 saturated heterocycles. The highest BCUT2D eigenvalue weighted by atomic mass is 16.6. The van der Waals surface area contributed by atoms with Crippen LogP contribution in [0.4, 0.5) is 4.79 Å². The first-order valence-corrected chi connectivity index (χ1v) is 7.46. The predicted octanol–water partition coefficient (Wildman–Crippen LogP) is 2.72. The molecule has 3 rings (SSSR count). The van der Waals surface area contributed by atoms with E-state index < -0.39 is 11.7 Å². The summed E-state index contributed by atoms with van der Waals surface area (Å²) < 4.78 is 13.7. The van der Waals surface area contributed by atoms with Gasteiger partial charge in [0.25, 0.3) is 0 Å². The van der Waals surface area contributed by atoms with Crippen molar-refractivity contribution in [3.8, 4) is 11.6 Å². The zero-order chi connectivity index (χ0) is 17.5. The summed E-state index contributed by atoms with van der Waals surface area (Å²) in [6, 6.07) is 1.78. The van der Waals surface area contributed by atoms with E-state index in [-0.39, 0.29) is 0 Å². The maximum Gasteiger partial charge on any atom is 0.419 e. The normalized spacial score (nSPS) is 11.7. The minimum Gasteiger partial charge on any atom is -0.494 e. The number of hydrogen-bond acceptors (Lipinski definition) is 6. The van der Waals surface area contributed by atoms with E-state index in [0.717, 1.165) is 5.39 Å². The number of methoxy groups -OCH3 is 1. The van der Waals surface area contributed by atoms with Gasteiger partial charge in [0.2, 0.25) is 0 Å². The van der Waals surface area contributed by atoms with Crippen LogP contribution in [0, 0.1) is 6.92 Å². The molecule has 0 bridgehead atoms. The zero-order valence-corrected chi connectivity index (χ0v) is 14.3. The summed E-state index contributed by atoms with van der Waals surface area (Å²) >= 11 is 0. The average molecular weight is 329 g/mol. The molecular formula is C16H19N5O3. The van der Waals surface area contributed by atoms with Gasteiger partial charge in [0, 0.05) is 11.6 Å². The lowest BCUT2D eigenvalue weighted by Gasteiger charge is -2.20. The SMILES string of the molecule is COc1cnc(-n2cnc(C)n2)c2c1ccn2C(=O)OC(C)(C)C. The van der Waals surface area contributed by atoms with Crippen molar-refractivity contribution in [2.75, 3.05) is 7.11 Å². The number of carbonyl (C=O) groups is 1. The molecule has 126 valence electrons. The summed E-state index contributed by atoms with van der Waals surface area (Å²) in [6.45, 7) is 7.23. The van der Waals surface area contributed by atoms with Gasteiger partial charge < -0.3 is 9.47 Å². The Kier molecular flexibility index (Phi) is 3.75. The summed E-state index contributed by atoms with van der Waals surface area (Å²) in [5.41, 5.74) is -0.0576. The molecule has 0 radical (unpaired) electrons. The van der Waals surface area contributed by atoms with Crippen molar-refractivity contribution in [3.05, 3.63) is 30.6 Å². The van der Waals surface area contributed by atoms with Crippen molar-refractivity contribution < 1.29 is 14.3 Å². The number of pyridine rings is 1. The van der Waals surface area contributed by atoms with Crippen LogP contribution >= 0.6 is 0 Å². The van der Waals surface area contributed by atoms with Crippen LogP contribution in [0.2, 0.25) is 0 Å². The van der Waals surface area contributed by atoms with Crippen molar-refractivity contribution >= 4 is 17.0 Å². The Morgan fingerprint density at radius 1 is 1.25 bits per heavy atom. The Labute approximate surface area is 139 Å². The van der Waals surface area contributed by atoms with Crippen molar-refractivity contribution in [1.29, 1.82) is 0 Å². The Hall–Kier alpha value is -2.90. The maximum atomic E-state index is 12.6. The van der Waals surface area contributed by atoms with Gasteiger partial charge in [-0.1, -0.05) is 0 Å². The quantitative estimate of drug-likeness (QED) is 0.719. The van der Waals surface area contributed by atoms with E-state index in [1.807, 2.05) is 20.8 Å². The highest BCUT2D eigenvalue weighted by Crippen LogP contribution is 2.30. The van der Waals surface area contributed by atoms with E-state index in [0.29, 0.717) is 22.9 Å². The van der Waals surface area contributed by atoms with E-state index in [4.69, 9.17) is 9.47 Å². The van der Waals surface area contributed by atoms with Gasteiger partial charge in [-0.25, -0.2) is 24.0 Å². The standard InChI is InChI=1S/C16H19N5O3/c1-10-18-9-21(19-10)14-13-11(12(23-5)8-17-14)6-7-20(13)15(22)24-16(2,3)4/h6-9H,1-5H3. The second-order valence-corrected chi connectivity index (χ2v) is 6.31. The molecule has 3 heterocycles. The van der Waals surface area contributed by atoms with Crippen LogP contribution in [0.3, 0.4) is 0 Å². The third-order valence-corrected chi connectivity index (χ3v) is 3.30. The number of rotatable bonds is 2. The fraction of sp³-hybridized carbons (Fsp3) is 0.375. The Morgan fingerprint density at radius 2 is 2.00 bits per heavy atom. The summed E-state index contributed by atoms with van der Waals surface area (Å²) in [5, 5.41) is 5.02. The van der Waals surface area contributed by atoms with Gasteiger partial charge in [-0.05, 0) is 33.8 Å². The molecule has 0 unspecified atom stereocenters. The Balaban J connectivity index is 2.22. The molecule has 8 heteroatoms. The average Bonchev–Trinajstić information content (AvgIpc) is 3.11. The molecule has 8 nitrogen and oxygen atoms in total. The number of hydrogen-bond donors (Lipinski definition) is 0. The van der Waals surface area contributed by atoms with E-state index in [1.165, 1.54) is 9.25 Å². The number of aromatic nitrogens is 5. The summed E-state index contributed by atoms with van der Waals surface area (Å²) in [6.07, 6.45) is 4.28. The molecule has 24 heavy (non-hydrogen) atoms. The van der Waals surface area contributed by atoms with Gasteiger partial charge in [0.15, 0.2) is 5.82 Å². The van der Waals surface area contributed by atoms with Crippen LogP contribution in [-0.4, -0.2) is 43.1 Å². The van der Waals surface area contributed by atoms with Crippen LogP contribution in [-0.2, 0) is 4.74 Å². The van der Waals surface area contributed by atoms with Crippen molar-refractivity contribution in [2.24, 2.45) is 0 Å². The highest BCUT2D eigenvalue weighted by Gasteiger charge is 2.23. The molecule has 0 aromatic carbocycles. The van der Waals surface area contributed by atoms with Crippen LogP contribution in [0.25, 0.3) is 16.7 Å². The molecule has 3 aromatic rings. The first-order chi connectivity index (χ1) is 11.3. The van der Waals surface area contributed by atoms with Crippen LogP contribution < -0.4 is 4.74 Å².